The molecular weight excluding hydrogens is 516 g/mol. The van der Waals surface area contributed by atoms with Crippen molar-refractivity contribution >= 4 is 17.6 Å². The molecule has 1 fully saturated rings. The van der Waals surface area contributed by atoms with E-state index in [1.807, 2.05) is 6.07 Å². The number of nitriles is 1. The van der Waals surface area contributed by atoms with Gasteiger partial charge in [0.05, 0.1) is 11.6 Å². The van der Waals surface area contributed by atoms with E-state index in [1.54, 1.807) is 36.4 Å². The fourth-order valence-corrected chi connectivity index (χ4v) is 4.13. The molecule has 0 unspecified atom stereocenters. The van der Waals surface area contributed by atoms with E-state index < -0.39 is 35.6 Å². The lowest BCUT2D eigenvalue weighted by Crippen LogP contribution is -2.50. The normalized spacial score (nSPS) is 14.4. The molecule has 3 aromatic rings. The second kappa shape index (κ2) is 11.4. The van der Waals surface area contributed by atoms with Crippen LogP contribution in [-0.2, 0) is 16.6 Å². The SMILES string of the molecule is N#Cc1ccc(C[C@@H](NC(=O)Nc2ccc(F)cc2)C(=O)NCC2(c3ccc(OC(F)(F)F)cc3)CC2)cc1. The molecule has 3 N–H and O–H groups in total. The standard InChI is InChI=1S/C28H24F4N4O3/c29-21-7-9-22(10-8-21)35-26(38)36-24(15-18-1-3-19(16-33)4-2-18)25(37)34-17-27(13-14-27)20-5-11-23(12-6-20)39-28(30,31)32/h1-12,24H,13-15,17H2,(H,34,37)(H2,35,36,38)/t24-/m1/s1. The van der Waals surface area contributed by atoms with Gasteiger partial charge in [0.25, 0.3) is 0 Å². The number of carbonyl (C=O) groups is 2. The lowest BCUT2D eigenvalue weighted by molar-refractivity contribution is -0.274. The zero-order chi connectivity index (χ0) is 28.0. The van der Waals surface area contributed by atoms with Gasteiger partial charge in [0.15, 0.2) is 0 Å². The summed E-state index contributed by atoms with van der Waals surface area (Å²) in [5.41, 5.74) is 1.83. The molecule has 39 heavy (non-hydrogen) atoms. The summed E-state index contributed by atoms with van der Waals surface area (Å²) in [5.74, 6) is -1.25. The Morgan fingerprint density at radius 2 is 1.62 bits per heavy atom. The number of rotatable bonds is 9. The number of alkyl halides is 3. The van der Waals surface area contributed by atoms with E-state index in [9.17, 15) is 27.2 Å². The Labute approximate surface area is 221 Å². The van der Waals surface area contributed by atoms with Crippen LogP contribution in [0, 0.1) is 17.1 Å². The Kier molecular flexibility index (Phi) is 8.04. The highest BCUT2D eigenvalue weighted by Crippen LogP contribution is 2.48. The van der Waals surface area contributed by atoms with Crippen LogP contribution < -0.4 is 20.7 Å². The van der Waals surface area contributed by atoms with Crippen molar-refractivity contribution in [1.29, 1.82) is 5.26 Å². The van der Waals surface area contributed by atoms with Crippen molar-refractivity contribution in [3.63, 3.8) is 0 Å². The lowest BCUT2D eigenvalue weighted by Gasteiger charge is -2.22. The minimum atomic E-state index is -4.79. The van der Waals surface area contributed by atoms with Crippen LogP contribution >= 0.6 is 0 Å². The summed E-state index contributed by atoms with van der Waals surface area (Å²) in [6.07, 6.45) is -3.20. The third kappa shape index (κ3) is 7.70. The van der Waals surface area contributed by atoms with E-state index in [0.29, 0.717) is 16.8 Å². The number of amides is 3. The van der Waals surface area contributed by atoms with Gasteiger partial charge in [-0.05, 0) is 72.5 Å². The molecule has 1 aliphatic carbocycles. The molecule has 4 rings (SSSR count). The largest absolute Gasteiger partial charge is 0.573 e. The summed E-state index contributed by atoms with van der Waals surface area (Å²) in [5, 5.41) is 17.1. The molecule has 0 aliphatic heterocycles. The quantitative estimate of drug-likeness (QED) is 0.326. The highest BCUT2D eigenvalue weighted by Gasteiger charge is 2.44. The molecule has 3 amide bonds. The highest BCUT2D eigenvalue weighted by atomic mass is 19.4. The number of benzene rings is 3. The Bertz CT molecular complexity index is 1350. The van der Waals surface area contributed by atoms with Gasteiger partial charge in [-0.25, -0.2) is 9.18 Å². The molecule has 0 bridgehead atoms. The van der Waals surface area contributed by atoms with Crippen LogP contribution in [0.5, 0.6) is 5.75 Å². The zero-order valence-corrected chi connectivity index (χ0v) is 20.5. The van der Waals surface area contributed by atoms with Gasteiger partial charge in [-0.2, -0.15) is 5.26 Å². The Morgan fingerprint density at radius 1 is 0.974 bits per heavy atom. The molecule has 1 saturated carbocycles. The first-order chi connectivity index (χ1) is 18.5. The molecule has 0 heterocycles. The molecule has 202 valence electrons. The van der Waals surface area contributed by atoms with Crippen molar-refractivity contribution in [3.05, 3.63) is 95.3 Å². The number of hydrogen-bond donors (Lipinski definition) is 3. The number of halogens is 4. The number of nitrogens with zero attached hydrogens (tertiary/aromatic N) is 1. The van der Waals surface area contributed by atoms with Crippen LogP contribution in [0.3, 0.4) is 0 Å². The first-order valence-corrected chi connectivity index (χ1v) is 12.0. The summed E-state index contributed by atoms with van der Waals surface area (Å²) >= 11 is 0. The summed E-state index contributed by atoms with van der Waals surface area (Å²) in [6.45, 7) is 0.219. The predicted octanol–water partition coefficient (Wildman–Crippen LogP) is 5.18. The molecule has 0 radical (unpaired) electrons. The number of carbonyl (C=O) groups excluding carboxylic acids is 2. The minimum absolute atomic E-state index is 0.130. The lowest BCUT2D eigenvalue weighted by atomic mass is 9.95. The van der Waals surface area contributed by atoms with E-state index >= 15 is 0 Å². The first kappa shape index (κ1) is 27.4. The molecule has 11 heteroatoms. The van der Waals surface area contributed by atoms with E-state index in [0.717, 1.165) is 18.4 Å². The number of ether oxygens (including phenoxy) is 1. The maximum absolute atomic E-state index is 13.2. The summed E-state index contributed by atoms with van der Waals surface area (Å²) in [7, 11) is 0. The van der Waals surface area contributed by atoms with Gasteiger partial charge in [0.2, 0.25) is 5.91 Å². The topological polar surface area (TPSA) is 103 Å². The third-order valence-corrected chi connectivity index (χ3v) is 6.40. The molecule has 7 nitrogen and oxygen atoms in total. The van der Waals surface area contributed by atoms with E-state index in [1.165, 1.54) is 36.4 Å². The van der Waals surface area contributed by atoms with Crippen LogP contribution in [0.15, 0.2) is 72.8 Å². The molecule has 1 atom stereocenters. The molecule has 0 spiro atoms. The first-order valence-electron chi connectivity index (χ1n) is 12.0. The molecule has 1 aliphatic rings. The van der Waals surface area contributed by atoms with Crippen molar-refractivity contribution in [1.82, 2.24) is 10.6 Å². The van der Waals surface area contributed by atoms with Crippen molar-refractivity contribution in [3.8, 4) is 11.8 Å². The fourth-order valence-electron chi connectivity index (χ4n) is 4.13. The smallest absolute Gasteiger partial charge is 0.406 e. The second-order valence-electron chi connectivity index (χ2n) is 9.24. The summed E-state index contributed by atoms with van der Waals surface area (Å²) in [4.78, 5) is 25.9. The highest BCUT2D eigenvalue weighted by molar-refractivity contribution is 5.93. The van der Waals surface area contributed by atoms with Gasteiger partial charge in [-0.1, -0.05) is 24.3 Å². The average molecular weight is 541 g/mol. The van der Waals surface area contributed by atoms with E-state index in [-0.39, 0.29) is 18.7 Å². The number of anilines is 1. The van der Waals surface area contributed by atoms with Crippen LogP contribution in [0.25, 0.3) is 0 Å². The monoisotopic (exact) mass is 540 g/mol. The minimum Gasteiger partial charge on any atom is -0.406 e. The van der Waals surface area contributed by atoms with Gasteiger partial charge >= 0.3 is 12.4 Å². The van der Waals surface area contributed by atoms with Crippen molar-refractivity contribution in [2.75, 3.05) is 11.9 Å². The summed E-state index contributed by atoms with van der Waals surface area (Å²) < 4.78 is 54.5. The Morgan fingerprint density at radius 3 is 2.18 bits per heavy atom. The Balaban J connectivity index is 1.43. The average Bonchev–Trinajstić information content (AvgIpc) is 3.69. The fraction of sp³-hybridized carbons (Fsp3) is 0.250. The van der Waals surface area contributed by atoms with Gasteiger partial charge in [-0.3, -0.25) is 4.79 Å². The van der Waals surface area contributed by atoms with Gasteiger partial charge in [0.1, 0.15) is 17.6 Å². The molecule has 0 saturated heterocycles. The number of hydrogen-bond acceptors (Lipinski definition) is 4. The Hall–Kier alpha value is -4.59. The number of nitrogens with one attached hydrogen (secondary N) is 3. The number of urea groups is 1. The summed E-state index contributed by atoms with van der Waals surface area (Å²) in [6, 6.07) is 17.6. The van der Waals surface area contributed by atoms with Gasteiger partial charge in [-0.15, -0.1) is 13.2 Å². The van der Waals surface area contributed by atoms with E-state index in [2.05, 4.69) is 20.7 Å². The van der Waals surface area contributed by atoms with Gasteiger partial charge < -0.3 is 20.7 Å². The zero-order valence-electron chi connectivity index (χ0n) is 20.5. The van der Waals surface area contributed by atoms with Crippen LogP contribution in [0.4, 0.5) is 28.0 Å². The van der Waals surface area contributed by atoms with Crippen molar-refractivity contribution in [2.45, 2.75) is 37.1 Å². The third-order valence-electron chi connectivity index (χ3n) is 6.40. The van der Waals surface area contributed by atoms with E-state index in [4.69, 9.17) is 5.26 Å². The van der Waals surface area contributed by atoms with Crippen LogP contribution in [0.2, 0.25) is 0 Å². The maximum Gasteiger partial charge on any atom is 0.573 e. The second-order valence-corrected chi connectivity index (χ2v) is 9.24. The molecule has 3 aromatic carbocycles. The van der Waals surface area contributed by atoms with Crippen molar-refractivity contribution < 1.29 is 31.9 Å². The van der Waals surface area contributed by atoms with Crippen LogP contribution in [0.1, 0.15) is 29.5 Å². The van der Waals surface area contributed by atoms with Crippen LogP contribution in [-0.4, -0.2) is 30.9 Å². The van der Waals surface area contributed by atoms with Gasteiger partial charge in [0, 0.05) is 24.1 Å². The predicted molar refractivity (Wildman–Crippen MR) is 134 cm³/mol. The molecule has 0 aromatic heterocycles. The maximum atomic E-state index is 13.2. The molecular formula is C28H24F4N4O3. The van der Waals surface area contributed by atoms with Crippen molar-refractivity contribution in [2.24, 2.45) is 0 Å².